The van der Waals surface area contributed by atoms with Gasteiger partial charge in [-0.05, 0) is 62.0 Å². The lowest BCUT2D eigenvalue weighted by atomic mass is 9.65. The Balaban J connectivity index is 1.52. The molecular formula is C21H30N2O2. The molecule has 1 amide bonds. The van der Waals surface area contributed by atoms with Crippen molar-refractivity contribution in [1.29, 1.82) is 0 Å². The van der Waals surface area contributed by atoms with E-state index in [0.717, 1.165) is 45.6 Å². The molecule has 0 aromatic heterocycles. The monoisotopic (exact) mass is 342 g/mol. The van der Waals surface area contributed by atoms with E-state index in [1.165, 1.54) is 36.8 Å². The third-order valence-electron chi connectivity index (χ3n) is 6.64. The van der Waals surface area contributed by atoms with Crippen molar-refractivity contribution in [1.82, 2.24) is 4.90 Å². The normalized spacial score (nSPS) is 28.6. The molecule has 4 rings (SSSR count). The average Bonchev–Trinajstić information content (AvgIpc) is 2.68. The number of nitrogens with zero attached hydrogens (tertiary/aromatic N) is 1. The molecule has 0 saturated carbocycles. The summed E-state index contributed by atoms with van der Waals surface area (Å²) in [7, 11) is 0. The molecule has 1 aliphatic carbocycles. The highest BCUT2D eigenvalue weighted by Gasteiger charge is 2.42. The minimum absolute atomic E-state index is 0.151. The maximum absolute atomic E-state index is 13.1. The van der Waals surface area contributed by atoms with Gasteiger partial charge in [-0.25, -0.2) is 0 Å². The van der Waals surface area contributed by atoms with Gasteiger partial charge in [-0.1, -0.05) is 24.3 Å². The van der Waals surface area contributed by atoms with Gasteiger partial charge < -0.3 is 15.4 Å². The number of fused-ring (bicyclic) bond motifs is 2. The number of likely N-dealkylation sites (tertiary alicyclic amines) is 1. The van der Waals surface area contributed by atoms with E-state index < -0.39 is 0 Å². The van der Waals surface area contributed by atoms with Crippen molar-refractivity contribution in [3.63, 3.8) is 0 Å². The Kier molecular flexibility index (Phi) is 4.83. The average molecular weight is 342 g/mol. The highest BCUT2D eigenvalue weighted by molar-refractivity contribution is 5.82. The smallest absolute Gasteiger partial charge is 0.239 e. The van der Waals surface area contributed by atoms with Gasteiger partial charge in [0, 0.05) is 31.7 Å². The van der Waals surface area contributed by atoms with E-state index >= 15 is 0 Å². The van der Waals surface area contributed by atoms with E-state index in [1.54, 1.807) is 0 Å². The molecule has 2 aliphatic heterocycles. The Bertz CT molecular complexity index is 626. The molecule has 0 bridgehead atoms. The summed E-state index contributed by atoms with van der Waals surface area (Å²) in [5.41, 5.74) is 9.51. The van der Waals surface area contributed by atoms with Crippen molar-refractivity contribution in [2.24, 2.45) is 11.7 Å². The Labute approximate surface area is 150 Å². The Morgan fingerprint density at radius 2 is 1.96 bits per heavy atom. The van der Waals surface area contributed by atoms with Crippen LogP contribution in [0.1, 0.15) is 49.7 Å². The SMILES string of the molecule is NC(C(=O)N1CCCC2(CCCc3ccccc32)C1)C1CCOCC1. The molecule has 136 valence electrons. The van der Waals surface area contributed by atoms with E-state index in [0.29, 0.717) is 0 Å². The van der Waals surface area contributed by atoms with Gasteiger partial charge in [-0.15, -0.1) is 0 Å². The number of hydrogen-bond donors (Lipinski definition) is 1. The number of ether oxygens (including phenoxy) is 1. The van der Waals surface area contributed by atoms with E-state index in [-0.39, 0.29) is 23.3 Å². The summed E-state index contributed by atoms with van der Waals surface area (Å²) in [6.45, 7) is 3.19. The van der Waals surface area contributed by atoms with Crippen molar-refractivity contribution in [3.05, 3.63) is 35.4 Å². The largest absolute Gasteiger partial charge is 0.381 e. The van der Waals surface area contributed by atoms with Crippen molar-refractivity contribution in [2.75, 3.05) is 26.3 Å². The van der Waals surface area contributed by atoms with Crippen LogP contribution < -0.4 is 5.73 Å². The molecule has 2 saturated heterocycles. The molecular weight excluding hydrogens is 312 g/mol. The highest BCUT2D eigenvalue weighted by Crippen LogP contribution is 2.43. The summed E-state index contributed by atoms with van der Waals surface area (Å²) in [5, 5.41) is 0. The van der Waals surface area contributed by atoms with Gasteiger partial charge in [-0.3, -0.25) is 4.79 Å². The Morgan fingerprint density at radius 1 is 1.20 bits per heavy atom. The van der Waals surface area contributed by atoms with Gasteiger partial charge >= 0.3 is 0 Å². The van der Waals surface area contributed by atoms with Gasteiger partial charge in [0.05, 0.1) is 6.04 Å². The maximum Gasteiger partial charge on any atom is 0.239 e. The van der Waals surface area contributed by atoms with E-state index in [4.69, 9.17) is 10.5 Å². The lowest BCUT2D eigenvalue weighted by molar-refractivity contribution is -0.137. The van der Waals surface area contributed by atoms with Crippen LogP contribution in [-0.4, -0.2) is 43.2 Å². The summed E-state index contributed by atoms with van der Waals surface area (Å²) in [5.74, 6) is 0.437. The number of nitrogens with two attached hydrogens (primary N) is 1. The summed E-state index contributed by atoms with van der Waals surface area (Å²) in [6.07, 6.45) is 7.70. The van der Waals surface area contributed by atoms with Crippen molar-refractivity contribution in [3.8, 4) is 0 Å². The first-order valence-electron chi connectivity index (χ1n) is 9.90. The van der Waals surface area contributed by atoms with Gasteiger partial charge in [0.2, 0.25) is 5.91 Å². The summed E-state index contributed by atoms with van der Waals surface area (Å²) in [6, 6.07) is 8.49. The second-order valence-corrected chi connectivity index (χ2v) is 8.13. The summed E-state index contributed by atoms with van der Waals surface area (Å²) >= 11 is 0. The molecule has 2 atom stereocenters. The molecule has 3 aliphatic rings. The number of rotatable bonds is 2. The van der Waals surface area contributed by atoms with Gasteiger partial charge in [0.15, 0.2) is 0 Å². The Morgan fingerprint density at radius 3 is 2.80 bits per heavy atom. The Hall–Kier alpha value is -1.39. The maximum atomic E-state index is 13.1. The summed E-state index contributed by atoms with van der Waals surface area (Å²) in [4.78, 5) is 15.2. The third kappa shape index (κ3) is 3.22. The van der Waals surface area contributed by atoms with Crippen LogP contribution in [0.5, 0.6) is 0 Å². The first-order chi connectivity index (χ1) is 12.2. The van der Waals surface area contributed by atoms with Gasteiger partial charge in [-0.2, -0.15) is 0 Å². The minimum Gasteiger partial charge on any atom is -0.381 e. The van der Waals surface area contributed by atoms with Crippen LogP contribution in [0.25, 0.3) is 0 Å². The number of amides is 1. The molecule has 25 heavy (non-hydrogen) atoms. The predicted molar refractivity (Wildman–Crippen MR) is 98.4 cm³/mol. The van der Waals surface area contributed by atoms with Crippen LogP contribution >= 0.6 is 0 Å². The first-order valence-corrected chi connectivity index (χ1v) is 9.90. The molecule has 4 heteroatoms. The molecule has 1 spiro atoms. The fraction of sp³-hybridized carbons (Fsp3) is 0.667. The van der Waals surface area contributed by atoms with E-state index in [2.05, 4.69) is 29.2 Å². The molecule has 2 heterocycles. The number of aryl methyl sites for hydroxylation is 1. The van der Waals surface area contributed by atoms with Crippen LogP contribution in [0.4, 0.5) is 0 Å². The third-order valence-corrected chi connectivity index (χ3v) is 6.64. The van der Waals surface area contributed by atoms with Gasteiger partial charge in [0.25, 0.3) is 0 Å². The zero-order chi connectivity index (χ0) is 17.3. The van der Waals surface area contributed by atoms with E-state index in [9.17, 15) is 4.79 Å². The number of carbonyl (C=O) groups excluding carboxylic acids is 1. The van der Waals surface area contributed by atoms with Crippen LogP contribution in [0, 0.1) is 5.92 Å². The second kappa shape index (κ2) is 7.08. The topological polar surface area (TPSA) is 55.6 Å². The fourth-order valence-electron chi connectivity index (χ4n) is 5.24. The van der Waals surface area contributed by atoms with Crippen LogP contribution in [0.15, 0.2) is 24.3 Å². The van der Waals surface area contributed by atoms with Gasteiger partial charge in [0.1, 0.15) is 0 Å². The quantitative estimate of drug-likeness (QED) is 0.899. The second-order valence-electron chi connectivity index (χ2n) is 8.13. The van der Waals surface area contributed by atoms with Crippen LogP contribution in [-0.2, 0) is 21.4 Å². The number of hydrogen-bond acceptors (Lipinski definition) is 3. The summed E-state index contributed by atoms with van der Waals surface area (Å²) < 4.78 is 5.42. The lowest BCUT2D eigenvalue weighted by Crippen LogP contribution is -2.55. The zero-order valence-electron chi connectivity index (χ0n) is 15.1. The highest BCUT2D eigenvalue weighted by atomic mass is 16.5. The van der Waals surface area contributed by atoms with Crippen LogP contribution in [0.2, 0.25) is 0 Å². The van der Waals surface area contributed by atoms with E-state index in [1.807, 2.05) is 0 Å². The zero-order valence-corrected chi connectivity index (χ0v) is 15.1. The first kappa shape index (κ1) is 17.0. The van der Waals surface area contributed by atoms with Crippen molar-refractivity contribution < 1.29 is 9.53 Å². The molecule has 4 nitrogen and oxygen atoms in total. The van der Waals surface area contributed by atoms with Crippen molar-refractivity contribution in [2.45, 2.75) is 56.4 Å². The molecule has 0 radical (unpaired) electrons. The van der Waals surface area contributed by atoms with Crippen molar-refractivity contribution >= 4 is 5.91 Å². The number of carbonyl (C=O) groups is 1. The molecule has 2 N–H and O–H groups in total. The number of benzene rings is 1. The lowest BCUT2D eigenvalue weighted by Gasteiger charge is -2.47. The molecule has 2 unspecified atom stereocenters. The van der Waals surface area contributed by atoms with Crippen LogP contribution in [0.3, 0.4) is 0 Å². The molecule has 1 aromatic carbocycles. The minimum atomic E-state index is -0.363. The predicted octanol–water partition coefficient (Wildman–Crippen LogP) is 2.64. The number of piperidine rings is 1. The fourth-order valence-corrected chi connectivity index (χ4v) is 5.24. The standard InChI is InChI=1S/C21H30N2O2/c22-19(17-8-13-25-14-9-17)20(24)23-12-4-11-21(15-23)10-3-6-16-5-1-2-7-18(16)21/h1-2,5,7,17,19H,3-4,6,8-15,22H2. The molecule has 1 aromatic rings. The molecule has 2 fully saturated rings.